The number of allylic oxidation sites excluding steroid dienone is 1. The van der Waals surface area contributed by atoms with E-state index < -0.39 is 26.4 Å². The van der Waals surface area contributed by atoms with E-state index in [1.807, 2.05) is 32.9 Å². The number of ether oxygens (including phenoxy) is 2. The largest absolute Gasteiger partial charge is 0.504 e. The van der Waals surface area contributed by atoms with Crippen LogP contribution in [0, 0.1) is 0 Å². The van der Waals surface area contributed by atoms with Gasteiger partial charge in [-0.1, -0.05) is 23.4 Å². The Morgan fingerprint density at radius 1 is 0.800 bits per heavy atom. The Hall–Kier alpha value is -0.892. The van der Waals surface area contributed by atoms with Gasteiger partial charge in [0.2, 0.25) is 0 Å². The molecule has 0 radical (unpaired) electrons. The number of rotatable bonds is 26. The third-order valence-corrected chi connectivity index (χ3v) is 16.4. The summed E-state index contributed by atoms with van der Waals surface area (Å²) in [6.45, 7) is 16.1. The highest BCUT2D eigenvalue weighted by Gasteiger charge is 2.40. The molecule has 0 bridgehead atoms. The second-order valence-corrected chi connectivity index (χ2v) is 20.7. The van der Waals surface area contributed by atoms with Gasteiger partial charge in [-0.15, -0.1) is 6.58 Å². The van der Waals surface area contributed by atoms with Crippen molar-refractivity contribution in [2.24, 2.45) is 5.73 Å². The lowest BCUT2D eigenvalue weighted by Gasteiger charge is -2.28. The first-order valence-electron chi connectivity index (χ1n) is 17.3. The third kappa shape index (κ3) is 25.1. The molecule has 2 rings (SSSR count). The van der Waals surface area contributed by atoms with Crippen molar-refractivity contribution < 1.29 is 49.3 Å². The van der Waals surface area contributed by atoms with Crippen molar-refractivity contribution >= 4 is 47.5 Å². The Morgan fingerprint density at radius 2 is 1.28 bits per heavy atom. The summed E-state index contributed by atoms with van der Waals surface area (Å²) < 4.78 is 59.0. The minimum absolute atomic E-state index is 0.331. The van der Waals surface area contributed by atoms with Gasteiger partial charge in [-0.2, -0.15) is 0 Å². The summed E-state index contributed by atoms with van der Waals surface area (Å²) in [6, 6.07) is 10.3. The van der Waals surface area contributed by atoms with Crippen LogP contribution >= 0.6 is 0 Å². The molecule has 18 heteroatoms. The number of anilines is 1. The quantitative estimate of drug-likeness (QED) is 0.0410. The van der Waals surface area contributed by atoms with Gasteiger partial charge in [-0.25, -0.2) is 0 Å². The Balaban J connectivity index is 0. The fourth-order valence-electron chi connectivity index (χ4n) is 4.23. The Morgan fingerprint density at radius 3 is 1.64 bits per heavy atom. The number of nitrogens with one attached hydrogen (secondary N) is 1. The van der Waals surface area contributed by atoms with Crippen LogP contribution in [-0.4, -0.2) is 145 Å². The van der Waals surface area contributed by atoms with Crippen LogP contribution in [0.15, 0.2) is 36.9 Å². The predicted molar refractivity (Wildman–Crippen MR) is 211 cm³/mol. The van der Waals surface area contributed by atoms with Crippen molar-refractivity contribution in [2.45, 2.75) is 57.8 Å². The zero-order valence-corrected chi connectivity index (χ0v) is 37.7. The average molecular weight is 786 g/mol. The number of benzene rings is 1. The van der Waals surface area contributed by atoms with E-state index in [1.165, 1.54) is 5.19 Å². The molecule has 296 valence electrons. The first-order valence-corrected chi connectivity index (χ1v) is 24.1. The molecule has 0 spiro atoms. The van der Waals surface area contributed by atoms with E-state index in [1.54, 1.807) is 48.7 Å². The number of nitrogens with two attached hydrogens (primary N) is 2. The molecule has 0 amide bonds. The van der Waals surface area contributed by atoms with Gasteiger partial charge in [0.15, 0.2) is 0 Å². The van der Waals surface area contributed by atoms with E-state index in [0.29, 0.717) is 51.7 Å². The van der Waals surface area contributed by atoms with Gasteiger partial charge < -0.3 is 66.1 Å². The van der Waals surface area contributed by atoms with E-state index in [-0.39, 0.29) is 0 Å². The molecule has 1 unspecified atom stereocenters. The monoisotopic (exact) mass is 785 g/mol. The molecule has 1 fully saturated rings. The lowest BCUT2D eigenvalue weighted by atomic mass is 10.3. The molecule has 0 saturated carbocycles. The summed E-state index contributed by atoms with van der Waals surface area (Å²) in [5, 5.41) is 4.60. The highest BCUT2D eigenvalue weighted by Crippen LogP contribution is 2.19. The number of nitrogen functional groups attached to an aromatic ring is 1. The Labute approximate surface area is 309 Å². The lowest BCUT2D eigenvalue weighted by molar-refractivity contribution is 0.0648. The second kappa shape index (κ2) is 32.7. The number of epoxide rings is 1. The van der Waals surface area contributed by atoms with Crippen LogP contribution in [0.5, 0.6) is 0 Å². The lowest BCUT2D eigenvalue weighted by Crippen LogP contribution is -2.46. The summed E-state index contributed by atoms with van der Waals surface area (Å²) in [5.74, 6) is 0. The van der Waals surface area contributed by atoms with Gasteiger partial charge in [0.1, 0.15) is 6.10 Å². The van der Waals surface area contributed by atoms with Crippen molar-refractivity contribution in [2.75, 3.05) is 108 Å². The van der Waals surface area contributed by atoms with Crippen LogP contribution in [-0.2, 0) is 49.3 Å². The fourth-order valence-corrected chi connectivity index (χ4v) is 10.2. The SMILES string of the molecule is C=CC[Si](OC)(OC)OC.CCO[Si](CCCOCC1CO1)(OCC)OCC.CO[Si](CCCNCCN)(OC)OC.Nc1ccc([SiH3])cc1. The molecule has 1 atom stereocenters. The molecule has 1 saturated heterocycles. The maximum Gasteiger partial charge on any atom is 0.504 e. The van der Waals surface area contributed by atoms with Crippen molar-refractivity contribution in [3.63, 3.8) is 0 Å². The van der Waals surface area contributed by atoms with Crippen LogP contribution in [0.4, 0.5) is 5.69 Å². The predicted octanol–water partition coefficient (Wildman–Crippen LogP) is 1.95. The Kier molecular flexibility index (Phi) is 33.5. The molecule has 0 aliphatic carbocycles. The maximum absolute atomic E-state index is 5.76. The smallest absolute Gasteiger partial charge is 0.399 e. The summed E-state index contributed by atoms with van der Waals surface area (Å²) in [5.41, 5.74) is 11.6. The zero-order valence-electron chi connectivity index (χ0n) is 32.7. The second-order valence-electron chi connectivity index (χ2n) is 10.8. The van der Waals surface area contributed by atoms with Crippen molar-refractivity contribution in [1.82, 2.24) is 5.32 Å². The molecule has 1 aliphatic rings. The number of hydrogen-bond acceptors (Lipinski definition) is 14. The van der Waals surface area contributed by atoms with Crippen LogP contribution in [0.3, 0.4) is 0 Å². The summed E-state index contributed by atoms with van der Waals surface area (Å²) in [7, 11) is 3.62. The van der Waals surface area contributed by atoms with Crippen LogP contribution in [0.25, 0.3) is 0 Å². The summed E-state index contributed by atoms with van der Waals surface area (Å²) in [6.07, 6.45) is 3.95. The molecule has 1 aliphatic heterocycles. The van der Waals surface area contributed by atoms with Gasteiger partial charge in [-0.05, 0) is 52.3 Å². The molecule has 0 aromatic heterocycles. The highest BCUT2D eigenvalue weighted by molar-refractivity contribution is 6.61. The molecule has 14 nitrogen and oxygen atoms in total. The average Bonchev–Trinajstić information content (AvgIpc) is 3.96. The van der Waals surface area contributed by atoms with Crippen LogP contribution < -0.4 is 22.0 Å². The van der Waals surface area contributed by atoms with Gasteiger partial charge in [0.05, 0.1) is 13.2 Å². The molecule has 1 aromatic carbocycles. The zero-order chi connectivity index (χ0) is 38.2. The van der Waals surface area contributed by atoms with Gasteiger partial charge in [0, 0.05) is 116 Å². The minimum atomic E-state index is -2.47. The standard InChI is InChI=1S/C12H26O5Si.C8H22N2O3Si.C6H9NSi.C6H14O3Si/c1-4-15-18(16-5-2,17-6-3)9-7-8-13-10-12-11-14-12;1-11-14(12-2,13-3)8-4-6-10-7-5-9;7-5-1-3-6(8)4-2-5;1-5-6-10(7-2,8-3)9-4/h12H,4-11H2,1-3H3;10H,4-9H2,1-3H3;1-4H,7H2,8H3;5H,1,6H2,2-4H3. The van der Waals surface area contributed by atoms with Gasteiger partial charge in [0.25, 0.3) is 0 Å². The van der Waals surface area contributed by atoms with Crippen molar-refractivity contribution in [3.05, 3.63) is 36.9 Å². The van der Waals surface area contributed by atoms with E-state index in [2.05, 4.69) is 24.0 Å². The molecular weight excluding hydrogens is 715 g/mol. The summed E-state index contributed by atoms with van der Waals surface area (Å²) >= 11 is 0. The van der Waals surface area contributed by atoms with Crippen molar-refractivity contribution in [1.29, 1.82) is 0 Å². The Bertz CT molecular complexity index is 848. The normalized spacial score (nSPS) is 14.1. The van der Waals surface area contributed by atoms with E-state index in [4.69, 9.17) is 60.8 Å². The first-order chi connectivity index (χ1) is 24.0. The topological polar surface area (TPSA) is 169 Å². The highest BCUT2D eigenvalue weighted by atomic mass is 28.4. The maximum atomic E-state index is 5.76. The van der Waals surface area contributed by atoms with Crippen LogP contribution in [0.2, 0.25) is 18.1 Å². The number of hydrogen-bond donors (Lipinski definition) is 3. The van der Waals surface area contributed by atoms with Gasteiger partial charge in [-0.3, -0.25) is 0 Å². The molecular formula is C32H71N3O11Si4. The van der Waals surface area contributed by atoms with E-state index in [0.717, 1.165) is 60.6 Å². The first kappa shape index (κ1) is 51.2. The molecule has 1 heterocycles. The third-order valence-electron chi connectivity index (χ3n) is 7.07. The van der Waals surface area contributed by atoms with Gasteiger partial charge >= 0.3 is 26.4 Å². The molecule has 5 N–H and O–H groups in total. The van der Waals surface area contributed by atoms with Crippen LogP contribution in [0.1, 0.15) is 33.6 Å². The van der Waals surface area contributed by atoms with Crippen molar-refractivity contribution in [3.8, 4) is 0 Å². The molecule has 1 aromatic rings. The molecule has 50 heavy (non-hydrogen) atoms. The minimum Gasteiger partial charge on any atom is -0.399 e. The van der Waals surface area contributed by atoms with E-state index in [9.17, 15) is 0 Å². The fraction of sp³-hybridized carbons (Fsp3) is 0.750. The summed E-state index contributed by atoms with van der Waals surface area (Å²) in [4.78, 5) is 0. The van der Waals surface area contributed by atoms with E-state index >= 15 is 0 Å².